The maximum atomic E-state index is 12.0. The molecule has 0 radical (unpaired) electrons. The first-order valence-electron chi connectivity index (χ1n) is 6.83. The van der Waals surface area contributed by atoms with Gasteiger partial charge in [0.05, 0.1) is 19.3 Å². The number of aldehydes is 1. The molecule has 0 aromatic heterocycles. The highest BCUT2D eigenvalue weighted by atomic mass is 16.5. The number of benzene rings is 1. The van der Waals surface area contributed by atoms with Crippen molar-refractivity contribution >= 4 is 17.9 Å². The van der Waals surface area contributed by atoms with Gasteiger partial charge in [-0.2, -0.15) is 0 Å². The quantitative estimate of drug-likeness (QED) is 0.829. The van der Waals surface area contributed by atoms with Crippen LogP contribution in [0.2, 0.25) is 0 Å². The average molecular weight is 276 g/mol. The third kappa shape index (κ3) is 3.81. The summed E-state index contributed by atoms with van der Waals surface area (Å²) in [5.41, 5.74) is 0.670. The van der Waals surface area contributed by atoms with E-state index in [2.05, 4.69) is 5.32 Å². The largest absolute Gasteiger partial charge is 0.495 e. The van der Waals surface area contributed by atoms with E-state index in [9.17, 15) is 9.59 Å². The van der Waals surface area contributed by atoms with Gasteiger partial charge in [-0.3, -0.25) is 9.69 Å². The summed E-state index contributed by atoms with van der Waals surface area (Å²) in [4.78, 5) is 24.9. The number of para-hydroxylation sites is 2. The van der Waals surface area contributed by atoms with Gasteiger partial charge in [0.1, 0.15) is 12.0 Å². The Bertz CT molecular complexity index is 476. The molecule has 1 N–H and O–H groups in total. The van der Waals surface area contributed by atoms with Crippen LogP contribution < -0.4 is 10.1 Å². The summed E-state index contributed by atoms with van der Waals surface area (Å²) in [5.74, 6) is 0.620. The van der Waals surface area contributed by atoms with Crippen LogP contribution in [0.3, 0.4) is 0 Å². The Morgan fingerprint density at radius 1 is 1.50 bits per heavy atom. The van der Waals surface area contributed by atoms with Crippen LogP contribution in [0.15, 0.2) is 24.3 Å². The van der Waals surface area contributed by atoms with Gasteiger partial charge in [0.2, 0.25) is 5.91 Å². The number of carbonyl (C=O) groups is 2. The van der Waals surface area contributed by atoms with E-state index in [1.165, 1.54) is 0 Å². The zero-order valence-corrected chi connectivity index (χ0v) is 11.7. The molecule has 0 spiro atoms. The lowest BCUT2D eigenvalue weighted by molar-refractivity contribution is -0.119. The van der Waals surface area contributed by atoms with E-state index in [1.807, 2.05) is 17.0 Å². The van der Waals surface area contributed by atoms with Crippen molar-refractivity contribution in [2.75, 3.05) is 32.1 Å². The van der Waals surface area contributed by atoms with Crippen LogP contribution in [0.4, 0.5) is 5.69 Å². The molecular weight excluding hydrogens is 256 g/mol. The number of carbonyl (C=O) groups excluding carboxylic acids is 2. The Labute approximate surface area is 118 Å². The first-order valence-corrected chi connectivity index (χ1v) is 6.83. The summed E-state index contributed by atoms with van der Waals surface area (Å²) in [7, 11) is 1.57. The molecule has 0 bridgehead atoms. The number of ether oxygens (including phenoxy) is 1. The minimum Gasteiger partial charge on any atom is -0.495 e. The van der Waals surface area contributed by atoms with Gasteiger partial charge in [-0.1, -0.05) is 12.1 Å². The molecule has 1 unspecified atom stereocenters. The van der Waals surface area contributed by atoms with Gasteiger partial charge >= 0.3 is 0 Å². The lowest BCUT2D eigenvalue weighted by Crippen LogP contribution is -2.40. The molecule has 1 aliphatic rings. The number of likely N-dealkylation sites (tertiary alicyclic amines) is 1. The van der Waals surface area contributed by atoms with Gasteiger partial charge < -0.3 is 14.8 Å². The van der Waals surface area contributed by atoms with Crippen LogP contribution in [-0.2, 0) is 9.59 Å². The van der Waals surface area contributed by atoms with Crippen molar-refractivity contribution in [2.24, 2.45) is 5.92 Å². The van der Waals surface area contributed by atoms with Crippen molar-refractivity contribution in [2.45, 2.75) is 12.8 Å². The van der Waals surface area contributed by atoms with E-state index in [0.717, 1.165) is 25.7 Å². The number of hydrogen-bond acceptors (Lipinski definition) is 4. The second kappa shape index (κ2) is 7.05. The molecule has 5 heteroatoms. The fourth-order valence-corrected chi connectivity index (χ4v) is 2.49. The molecule has 108 valence electrons. The summed E-state index contributed by atoms with van der Waals surface area (Å²) >= 11 is 0. The van der Waals surface area contributed by atoms with Gasteiger partial charge in [0, 0.05) is 12.5 Å². The summed E-state index contributed by atoms with van der Waals surface area (Å²) in [6.45, 7) is 1.84. The van der Waals surface area contributed by atoms with E-state index in [1.54, 1.807) is 19.2 Å². The van der Waals surface area contributed by atoms with Gasteiger partial charge in [-0.15, -0.1) is 0 Å². The number of piperidine rings is 1. The third-order valence-corrected chi connectivity index (χ3v) is 3.48. The molecule has 1 fully saturated rings. The molecular formula is C15H20N2O3. The van der Waals surface area contributed by atoms with Crippen molar-refractivity contribution in [3.8, 4) is 5.75 Å². The molecule has 0 saturated carbocycles. The summed E-state index contributed by atoms with van der Waals surface area (Å²) in [5, 5.41) is 2.85. The highest BCUT2D eigenvalue weighted by molar-refractivity contribution is 5.93. The number of hydrogen-bond donors (Lipinski definition) is 1. The van der Waals surface area contributed by atoms with Crippen LogP contribution in [-0.4, -0.2) is 43.8 Å². The van der Waals surface area contributed by atoms with Crippen molar-refractivity contribution < 1.29 is 14.3 Å². The minimum absolute atomic E-state index is 0.0582. The Hall–Kier alpha value is -1.88. The zero-order valence-electron chi connectivity index (χ0n) is 11.7. The smallest absolute Gasteiger partial charge is 0.238 e. The Balaban J connectivity index is 1.90. The van der Waals surface area contributed by atoms with E-state index in [4.69, 9.17) is 4.74 Å². The topological polar surface area (TPSA) is 58.6 Å². The van der Waals surface area contributed by atoms with Crippen LogP contribution in [0, 0.1) is 5.92 Å². The van der Waals surface area contributed by atoms with E-state index < -0.39 is 0 Å². The Morgan fingerprint density at radius 3 is 3.05 bits per heavy atom. The van der Waals surface area contributed by atoms with Crippen molar-refractivity contribution in [1.82, 2.24) is 4.90 Å². The molecule has 5 nitrogen and oxygen atoms in total. The summed E-state index contributed by atoms with van der Waals surface area (Å²) in [6.07, 6.45) is 2.88. The highest BCUT2D eigenvalue weighted by Gasteiger charge is 2.21. The van der Waals surface area contributed by atoms with E-state index >= 15 is 0 Å². The average Bonchev–Trinajstić information content (AvgIpc) is 2.48. The lowest BCUT2D eigenvalue weighted by atomic mass is 10.00. The molecule has 0 aliphatic carbocycles. The minimum atomic E-state index is -0.0824. The molecule has 1 aliphatic heterocycles. The molecule has 1 heterocycles. The van der Waals surface area contributed by atoms with E-state index in [0.29, 0.717) is 24.5 Å². The summed E-state index contributed by atoms with van der Waals surface area (Å²) < 4.78 is 5.20. The third-order valence-electron chi connectivity index (χ3n) is 3.48. The highest BCUT2D eigenvalue weighted by Crippen LogP contribution is 2.23. The van der Waals surface area contributed by atoms with Crippen LogP contribution >= 0.6 is 0 Å². The monoisotopic (exact) mass is 276 g/mol. The maximum absolute atomic E-state index is 12.0. The Kier molecular flexibility index (Phi) is 5.12. The van der Waals surface area contributed by atoms with Crippen molar-refractivity contribution in [1.29, 1.82) is 0 Å². The fourth-order valence-electron chi connectivity index (χ4n) is 2.49. The normalized spacial score (nSPS) is 19.4. The SMILES string of the molecule is COc1ccccc1NC(=O)CN1CCCC(C=O)C1. The second-order valence-electron chi connectivity index (χ2n) is 5.02. The second-order valence-corrected chi connectivity index (χ2v) is 5.02. The molecule has 1 aromatic carbocycles. The maximum Gasteiger partial charge on any atom is 0.238 e. The van der Waals surface area contributed by atoms with Crippen molar-refractivity contribution in [3.63, 3.8) is 0 Å². The van der Waals surface area contributed by atoms with Crippen molar-refractivity contribution in [3.05, 3.63) is 24.3 Å². The number of rotatable bonds is 5. The van der Waals surface area contributed by atoms with Crippen LogP contribution in [0.25, 0.3) is 0 Å². The number of nitrogens with one attached hydrogen (secondary N) is 1. The zero-order chi connectivity index (χ0) is 14.4. The Morgan fingerprint density at radius 2 is 2.30 bits per heavy atom. The number of methoxy groups -OCH3 is 1. The number of anilines is 1. The van der Waals surface area contributed by atoms with Crippen LogP contribution in [0.5, 0.6) is 5.75 Å². The van der Waals surface area contributed by atoms with Gasteiger partial charge in [-0.05, 0) is 31.5 Å². The fraction of sp³-hybridized carbons (Fsp3) is 0.467. The molecule has 2 rings (SSSR count). The van der Waals surface area contributed by atoms with E-state index in [-0.39, 0.29) is 11.8 Å². The molecule has 1 aromatic rings. The predicted octanol–water partition coefficient (Wildman–Crippen LogP) is 1.54. The number of nitrogens with zero attached hydrogens (tertiary/aromatic N) is 1. The van der Waals surface area contributed by atoms with Crippen LogP contribution in [0.1, 0.15) is 12.8 Å². The standard InChI is InChI=1S/C15H20N2O3/c1-20-14-7-3-2-6-13(14)16-15(19)10-17-8-4-5-12(9-17)11-18/h2-3,6-7,11-12H,4-5,8-10H2,1H3,(H,16,19). The molecule has 20 heavy (non-hydrogen) atoms. The summed E-state index contributed by atoms with van der Waals surface area (Å²) in [6, 6.07) is 7.31. The first kappa shape index (κ1) is 14.5. The first-order chi connectivity index (χ1) is 9.72. The number of amides is 1. The predicted molar refractivity (Wildman–Crippen MR) is 76.9 cm³/mol. The molecule has 1 atom stereocenters. The van der Waals surface area contributed by atoms with Gasteiger partial charge in [0.15, 0.2) is 0 Å². The van der Waals surface area contributed by atoms with Gasteiger partial charge in [0.25, 0.3) is 0 Å². The molecule has 1 amide bonds. The van der Waals surface area contributed by atoms with Gasteiger partial charge in [-0.25, -0.2) is 0 Å². The lowest BCUT2D eigenvalue weighted by Gasteiger charge is -2.29. The molecule has 1 saturated heterocycles.